The van der Waals surface area contributed by atoms with Crippen LogP contribution in [0.5, 0.6) is 0 Å². The van der Waals surface area contributed by atoms with E-state index < -0.39 is 36.2 Å². The molecule has 0 aliphatic heterocycles. The predicted octanol–water partition coefficient (Wildman–Crippen LogP) is 0.560. The zero-order valence-electron chi connectivity index (χ0n) is 10.8. The molecule has 1 aromatic rings. The maximum Gasteiger partial charge on any atom is 0.318 e. The van der Waals surface area contributed by atoms with Crippen molar-refractivity contribution in [3.63, 3.8) is 0 Å². The van der Waals surface area contributed by atoms with Crippen LogP contribution in [0.4, 0.5) is 0 Å². The summed E-state index contributed by atoms with van der Waals surface area (Å²) in [5, 5.41) is 32.7. The van der Waals surface area contributed by atoms with Gasteiger partial charge in [0, 0.05) is 0 Å². The zero-order valence-corrected chi connectivity index (χ0v) is 10.8. The van der Waals surface area contributed by atoms with Gasteiger partial charge in [-0.1, -0.05) is 30.3 Å². The molecule has 0 radical (unpaired) electrons. The molecule has 0 aliphatic rings. The van der Waals surface area contributed by atoms with E-state index in [-0.39, 0.29) is 6.42 Å². The number of carbonyl (C=O) groups is 4. The Labute approximate surface area is 119 Å². The lowest BCUT2D eigenvalue weighted by molar-refractivity contribution is -0.154. The van der Waals surface area contributed by atoms with Crippen LogP contribution in [-0.4, -0.2) is 44.3 Å². The number of rotatable bonds is 6. The molecule has 0 unspecified atom stereocenters. The minimum absolute atomic E-state index is 0.0194. The summed E-state index contributed by atoms with van der Waals surface area (Å²) in [5.74, 6) is -6.60. The molecule has 0 spiro atoms. The Bertz CT molecular complexity index is 482. The van der Waals surface area contributed by atoms with E-state index in [1.807, 2.05) is 0 Å². The summed E-state index contributed by atoms with van der Waals surface area (Å²) in [6.07, 6.45) is -0.786. The van der Waals surface area contributed by atoms with E-state index in [0.29, 0.717) is 5.56 Å². The van der Waals surface area contributed by atoms with Crippen molar-refractivity contribution in [2.24, 2.45) is 5.92 Å². The first-order chi connectivity index (χ1) is 9.73. The number of carboxylic acids is 4. The van der Waals surface area contributed by atoms with Crippen LogP contribution in [0.3, 0.4) is 0 Å². The van der Waals surface area contributed by atoms with Crippen LogP contribution < -0.4 is 0 Å². The molecule has 21 heavy (non-hydrogen) atoms. The first kappa shape index (κ1) is 18.1. The lowest BCUT2D eigenvalue weighted by atomic mass is 10.00. The first-order valence-corrected chi connectivity index (χ1v) is 5.67. The van der Waals surface area contributed by atoms with E-state index in [2.05, 4.69) is 0 Å². The smallest absolute Gasteiger partial charge is 0.318 e. The number of hydrogen-bond donors (Lipinski definition) is 4. The van der Waals surface area contributed by atoms with Crippen LogP contribution in [-0.2, 0) is 25.6 Å². The molecular formula is C13H14O8. The van der Waals surface area contributed by atoms with Gasteiger partial charge in [-0.15, -0.1) is 0 Å². The summed E-state index contributed by atoms with van der Waals surface area (Å²) < 4.78 is 0. The summed E-state index contributed by atoms with van der Waals surface area (Å²) in [4.78, 5) is 40.0. The van der Waals surface area contributed by atoms with E-state index in [1.165, 1.54) is 0 Å². The Morgan fingerprint density at radius 1 is 0.810 bits per heavy atom. The molecule has 0 atom stereocenters. The maximum absolute atomic E-state index is 10.6. The van der Waals surface area contributed by atoms with Crippen molar-refractivity contribution >= 4 is 23.9 Å². The van der Waals surface area contributed by atoms with Gasteiger partial charge in [0.1, 0.15) is 6.42 Å². The van der Waals surface area contributed by atoms with Crippen molar-refractivity contribution in [2.75, 3.05) is 0 Å². The summed E-state index contributed by atoms with van der Waals surface area (Å²) in [5.41, 5.74) is 0.710. The third kappa shape index (κ3) is 8.76. The predicted molar refractivity (Wildman–Crippen MR) is 68.8 cm³/mol. The monoisotopic (exact) mass is 298 g/mol. The Hall–Kier alpha value is -2.90. The van der Waals surface area contributed by atoms with E-state index in [4.69, 9.17) is 20.4 Å². The summed E-state index contributed by atoms with van der Waals surface area (Å²) in [7, 11) is 0. The van der Waals surface area contributed by atoms with Gasteiger partial charge in [0.15, 0.2) is 5.92 Å². The van der Waals surface area contributed by atoms with Crippen molar-refractivity contribution < 1.29 is 39.6 Å². The van der Waals surface area contributed by atoms with Gasteiger partial charge in [0.05, 0.1) is 0 Å². The Morgan fingerprint density at radius 2 is 1.24 bits per heavy atom. The highest BCUT2D eigenvalue weighted by Gasteiger charge is 2.25. The van der Waals surface area contributed by atoms with Crippen molar-refractivity contribution in [3.8, 4) is 0 Å². The molecule has 0 amide bonds. The fraction of sp³-hybridized carbons (Fsp3) is 0.231. The van der Waals surface area contributed by atoms with Gasteiger partial charge < -0.3 is 20.4 Å². The molecule has 1 aromatic carbocycles. The maximum atomic E-state index is 10.6. The number of carboxylic acid groups (broad SMARTS) is 4. The molecule has 0 aliphatic carbocycles. The number of benzene rings is 1. The zero-order chi connectivity index (χ0) is 16.4. The SMILES string of the molecule is O=C(O)C(Cc1ccccc1)C(=O)O.O=C(O)CC(=O)O. The fourth-order valence-corrected chi connectivity index (χ4v) is 1.26. The third-order valence-corrected chi connectivity index (χ3v) is 2.18. The summed E-state index contributed by atoms with van der Waals surface area (Å²) in [6, 6.07) is 8.70. The van der Waals surface area contributed by atoms with Crippen LogP contribution in [0.1, 0.15) is 12.0 Å². The fourth-order valence-electron chi connectivity index (χ4n) is 1.26. The average molecular weight is 298 g/mol. The standard InChI is InChI=1S/C10H10O4.C3H4O4/c11-9(12)8(10(13)14)6-7-4-2-1-3-5-7;4-2(5)1-3(6)7/h1-5,8H,6H2,(H,11,12)(H,13,14);1H2,(H,4,5)(H,6,7). The molecule has 0 bridgehead atoms. The van der Waals surface area contributed by atoms with Gasteiger partial charge in [0.2, 0.25) is 0 Å². The molecular weight excluding hydrogens is 284 g/mol. The Kier molecular flexibility index (Phi) is 7.82. The average Bonchev–Trinajstić information content (AvgIpc) is 2.35. The molecule has 0 fully saturated rings. The molecule has 0 heterocycles. The van der Waals surface area contributed by atoms with Crippen LogP contribution in [0.15, 0.2) is 30.3 Å². The lowest BCUT2D eigenvalue weighted by Crippen LogP contribution is -2.25. The van der Waals surface area contributed by atoms with Gasteiger partial charge >= 0.3 is 23.9 Å². The van der Waals surface area contributed by atoms with E-state index >= 15 is 0 Å². The van der Waals surface area contributed by atoms with Crippen LogP contribution >= 0.6 is 0 Å². The minimum Gasteiger partial charge on any atom is -0.481 e. The third-order valence-electron chi connectivity index (χ3n) is 2.18. The highest BCUT2D eigenvalue weighted by molar-refractivity contribution is 5.93. The van der Waals surface area contributed by atoms with Gasteiger partial charge in [0.25, 0.3) is 0 Å². The van der Waals surface area contributed by atoms with Gasteiger partial charge in [-0.05, 0) is 12.0 Å². The normalized spacial score (nSPS) is 9.38. The largest absolute Gasteiger partial charge is 0.481 e. The molecule has 114 valence electrons. The highest BCUT2D eigenvalue weighted by Crippen LogP contribution is 2.09. The highest BCUT2D eigenvalue weighted by atomic mass is 16.4. The quantitative estimate of drug-likeness (QED) is 0.556. The summed E-state index contributed by atoms with van der Waals surface area (Å²) >= 11 is 0. The molecule has 0 saturated carbocycles. The second-order valence-electron chi connectivity index (χ2n) is 3.88. The lowest BCUT2D eigenvalue weighted by Gasteiger charge is -2.06. The Balaban J connectivity index is 0.000000486. The molecule has 0 saturated heterocycles. The van der Waals surface area contributed by atoms with E-state index in [9.17, 15) is 19.2 Å². The van der Waals surface area contributed by atoms with Crippen molar-refractivity contribution in [1.29, 1.82) is 0 Å². The molecule has 1 rings (SSSR count). The minimum atomic E-state index is -1.36. The van der Waals surface area contributed by atoms with Crippen LogP contribution in [0, 0.1) is 5.92 Å². The van der Waals surface area contributed by atoms with Crippen molar-refractivity contribution in [2.45, 2.75) is 12.8 Å². The Morgan fingerprint density at radius 3 is 1.52 bits per heavy atom. The van der Waals surface area contributed by atoms with Crippen molar-refractivity contribution in [1.82, 2.24) is 0 Å². The van der Waals surface area contributed by atoms with Crippen LogP contribution in [0.2, 0.25) is 0 Å². The van der Waals surface area contributed by atoms with Crippen LogP contribution in [0.25, 0.3) is 0 Å². The van der Waals surface area contributed by atoms with E-state index in [0.717, 1.165) is 0 Å². The molecule has 8 nitrogen and oxygen atoms in total. The van der Waals surface area contributed by atoms with E-state index in [1.54, 1.807) is 30.3 Å². The molecule has 8 heteroatoms. The van der Waals surface area contributed by atoms with Gasteiger partial charge in [-0.2, -0.15) is 0 Å². The summed E-state index contributed by atoms with van der Waals surface area (Å²) in [6.45, 7) is 0. The molecule has 0 aromatic heterocycles. The second kappa shape index (κ2) is 9.08. The topological polar surface area (TPSA) is 149 Å². The van der Waals surface area contributed by atoms with Crippen molar-refractivity contribution in [3.05, 3.63) is 35.9 Å². The number of hydrogen-bond acceptors (Lipinski definition) is 4. The van der Waals surface area contributed by atoms with Gasteiger partial charge in [-0.3, -0.25) is 19.2 Å². The van der Waals surface area contributed by atoms with Gasteiger partial charge in [-0.25, -0.2) is 0 Å². The molecule has 4 N–H and O–H groups in total. The number of aliphatic carboxylic acids is 4. The first-order valence-electron chi connectivity index (χ1n) is 5.67. The second-order valence-corrected chi connectivity index (χ2v) is 3.88.